The minimum Gasteiger partial charge on any atom is -0.338 e. The molecule has 1 saturated heterocycles. The second-order valence-corrected chi connectivity index (χ2v) is 5.98. The molecule has 1 N–H and O–H groups in total. The number of nitrogens with one attached hydrogen (secondary N) is 1. The molecule has 0 bridgehead atoms. The smallest absolute Gasteiger partial charge is 0.226 e. The maximum Gasteiger partial charge on any atom is 0.226 e. The van der Waals surface area contributed by atoms with Gasteiger partial charge in [0.2, 0.25) is 5.91 Å². The lowest BCUT2D eigenvalue weighted by molar-refractivity contribution is -0.133. The van der Waals surface area contributed by atoms with Crippen LogP contribution in [0.3, 0.4) is 0 Å². The molecule has 3 rings (SSSR count). The first kappa shape index (κ1) is 14.4. The van der Waals surface area contributed by atoms with Crippen molar-refractivity contribution in [2.45, 2.75) is 31.2 Å². The summed E-state index contributed by atoms with van der Waals surface area (Å²) in [5.74, 6) is -1.88. The highest BCUT2D eigenvalue weighted by molar-refractivity contribution is 5.83. The molecule has 21 heavy (non-hydrogen) atoms. The summed E-state index contributed by atoms with van der Waals surface area (Å²) in [7, 11) is 1.88. The topological polar surface area (TPSA) is 32.3 Å². The molecule has 2 aliphatic rings. The molecule has 3 nitrogen and oxygen atoms in total. The molecule has 114 valence electrons. The van der Waals surface area contributed by atoms with Crippen molar-refractivity contribution in [2.75, 3.05) is 20.1 Å². The fraction of sp³-hybridized carbons (Fsp3) is 0.562. The van der Waals surface area contributed by atoms with Crippen molar-refractivity contribution < 1.29 is 13.6 Å². The van der Waals surface area contributed by atoms with Crippen LogP contribution in [0.2, 0.25) is 0 Å². The minimum atomic E-state index is -0.833. The van der Waals surface area contributed by atoms with Gasteiger partial charge in [0.1, 0.15) is 0 Å². The molecule has 3 atom stereocenters. The number of carbonyl (C=O) groups is 1. The molecular weight excluding hydrogens is 274 g/mol. The maximum absolute atomic E-state index is 13.8. The maximum atomic E-state index is 13.8. The summed E-state index contributed by atoms with van der Waals surface area (Å²) in [5.41, 5.74) is 0.345. The van der Waals surface area contributed by atoms with E-state index in [1.54, 1.807) is 6.07 Å². The quantitative estimate of drug-likeness (QED) is 0.924. The Bertz CT molecular complexity index is 549. The van der Waals surface area contributed by atoms with Gasteiger partial charge in [-0.25, -0.2) is 8.78 Å². The predicted molar refractivity (Wildman–Crippen MR) is 75.9 cm³/mol. The van der Waals surface area contributed by atoms with Crippen molar-refractivity contribution in [3.8, 4) is 0 Å². The number of likely N-dealkylation sites (tertiary alicyclic amines) is 1. The molecule has 0 aromatic heterocycles. The highest BCUT2D eigenvalue weighted by atomic mass is 19.2. The van der Waals surface area contributed by atoms with Crippen LogP contribution in [-0.2, 0) is 4.79 Å². The monoisotopic (exact) mass is 294 g/mol. The molecule has 1 saturated carbocycles. The molecule has 1 aromatic carbocycles. The van der Waals surface area contributed by atoms with Crippen molar-refractivity contribution >= 4 is 5.91 Å². The third-order valence-electron chi connectivity index (χ3n) is 4.59. The van der Waals surface area contributed by atoms with Gasteiger partial charge in [-0.15, -0.1) is 0 Å². The van der Waals surface area contributed by atoms with Crippen molar-refractivity contribution in [3.05, 3.63) is 35.4 Å². The number of hydrogen-bond donors (Lipinski definition) is 1. The third-order valence-corrected chi connectivity index (χ3v) is 4.59. The number of amides is 1. The summed E-state index contributed by atoms with van der Waals surface area (Å²) in [4.78, 5) is 14.5. The Labute approximate surface area is 123 Å². The Morgan fingerprint density at radius 1 is 1.43 bits per heavy atom. The Balaban J connectivity index is 1.70. The summed E-state index contributed by atoms with van der Waals surface area (Å²) in [6, 6.07) is 4.45. The minimum absolute atomic E-state index is 0.0985. The predicted octanol–water partition coefficient (Wildman–Crippen LogP) is 2.28. The number of nitrogens with zero attached hydrogens (tertiary/aromatic N) is 1. The lowest BCUT2D eigenvalue weighted by Gasteiger charge is -2.24. The standard InChI is InChI=1S/C16H20F2N2O/c1-19-9-10-4-3-7-20(10)16(21)13-8-12(13)11-5-2-6-14(17)15(11)18/h2,5-6,10,12-13,19H,3-4,7-9H2,1H3/t10-,12-,13+/m0/s1. The number of carbonyl (C=O) groups excluding carboxylic acids is 1. The van der Waals surface area contributed by atoms with Gasteiger partial charge in [0, 0.05) is 25.0 Å². The van der Waals surface area contributed by atoms with Gasteiger partial charge >= 0.3 is 0 Å². The summed E-state index contributed by atoms with van der Waals surface area (Å²) < 4.78 is 27.1. The van der Waals surface area contributed by atoms with E-state index in [0.29, 0.717) is 12.0 Å². The molecule has 2 fully saturated rings. The van der Waals surface area contributed by atoms with E-state index in [1.165, 1.54) is 6.07 Å². The van der Waals surface area contributed by atoms with Crippen LogP contribution in [0.5, 0.6) is 0 Å². The Morgan fingerprint density at radius 3 is 3.00 bits per heavy atom. The lowest BCUT2D eigenvalue weighted by atomic mass is 10.1. The van der Waals surface area contributed by atoms with Gasteiger partial charge in [0.15, 0.2) is 11.6 Å². The van der Waals surface area contributed by atoms with Gasteiger partial charge in [-0.2, -0.15) is 0 Å². The van der Waals surface area contributed by atoms with Crippen molar-refractivity contribution in [1.82, 2.24) is 10.2 Å². The van der Waals surface area contributed by atoms with Gasteiger partial charge in [-0.3, -0.25) is 4.79 Å². The number of hydrogen-bond acceptors (Lipinski definition) is 2. The normalized spacial score (nSPS) is 28.0. The summed E-state index contributed by atoms with van der Waals surface area (Å²) in [6.45, 7) is 1.57. The first-order valence-electron chi connectivity index (χ1n) is 7.52. The fourth-order valence-corrected chi connectivity index (χ4v) is 3.41. The zero-order valence-electron chi connectivity index (χ0n) is 12.1. The van der Waals surface area contributed by atoms with E-state index in [1.807, 2.05) is 11.9 Å². The van der Waals surface area contributed by atoms with Crippen LogP contribution in [0, 0.1) is 17.6 Å². The number of rotatable bonds is 4. The van der Waals surface area contributed by atoms with Crippen LogP contribution >= 0.6 is 0 Å². The average Bonchev–Trinajstić information content (AvgIpc) is 3.13. The highest BCUT2D eigenvalue weighted by Gasteiger charge is 2.48. The van der Waals surface area contributed by atoms with Gasteiger partial charge in [0.05, 0.1) is 0 Å². The van der Waals surface area contributed by atoms with Crippen LogP contribution < -0.4 is 5.32 Å². The molecule has 0 radical (unpaired) electrons. The van der Waals surface area contributed by atoms with E-state index in [2.05, 4.69) is 5.32 Å². The Kier molecular flexibility index (Phi) is 3.93. The number of benzene rings is 1. The molecule has 5 heteroatoms. The molecule has 1 heterocycles. The largest absolute Gasteiger partial charge is 0.338 e. The summed E-state index contributed by atoms with van der Waals surface area (Å²) >= 11 is 0. The second-order valence-electron chi connectivity index (χ2n) is 5.98. The van der Waals surface area contributed by atoms with E-state index in [0.717, 1.165) is 32.0 Å². The van der Waals surface area contributed by atoms with E-state index in [-0.39, 0.29) is 23.8 Å². The van der Waals surface area contributed by atoms with Gasteiger partial charge in [-0.05, 0) is 43.9 Å². The summed E-state index contributed by atoms with van der Waals surface area (Å²) in [5, 5.41) is 3.11. The van der Waals surface area contributed by atoms with E-state index < -0.39 is 11.6 Å². The summed E-state index contributed by atoms with van der Waals surface area (Å²) in [6.07, 6.45) is 2.66. The third kappa shape index (κ3) is 2.67. The molecule has 1 aliphatic carbocycles. The van der Waals surface area contributed by atoms with Crippen molar-refractivity contribution in [1.29, 1.82) is 0 Å². The van der Waals surface area contributed by atoms with Crippen LogP contribution in [0.25, 0.3) is 0 Å². The van der Waals surface area contributed by atoms with Crippen molar-refractivity contribution in [3.63, 3.8) is 0 Å². The number of likely N-dealkylation sites (N-methyl/N-ethyl adjacent to an activating group) is 1. The van der Waals surface area contributed by atoms with Gasteiger partial charge in [-0.1, -0.05) is 12.1 Å². The lowest BCUT2D eigenvalue weighted by Crippen LogP contribution is -2.41. The van der Waals surface area contributed by atoms with E-state index in [4.69, 9.17) is 0 Å². The molecule has 1 amide bonds. The first-order valence-corrected chi connectivity index (χ1v) is 7.52. The Hall–Kier alpha value is -1.49. The van der Waals surface area contributed by atoms with E-state index in [9.17, 15) is 13.6 Å². The highest BCUT2D eigenvalue weighted by Crippen LogP contribution is 2.50. The van der Waals surface area contributed by atoms with Crippen LogP contribution in [-0.4, -0.2) is 37.0 Å². The molecule has 1 aromatic rings. The molecular formula is C16H20F2N2O. The van der Waals surface area contributed by atoms with Crippen molar-refractivity contribution in [2.24, 2.45) is 5.92 Å². The van der Waals surface area contributed by atoms with Gasteiger partial charge < -0.3 is 10.2 Å². The zero-order valence-corrected chi connectivity index (χ0v) is 12.1. The first-order chi connectivity index (χ1) is 10.1. The SMILES string of the molecule is CNC[C@@H]1CCCN1C(=O)[C@@H]1C[C@H]1c1cccc(F)c1F. The molecule has 0 spiro atoms. The Morgan fingerprint density at radius 2 is 2.24 bits per heavy atom. The average molecular weight is 294 g/mol. The fourth-order valence-electron chi connectivity index (χ4n) is 3.41. The van der Waals surface area contributed by atoms with E-state index >= 15 is 0 Å². The van der Waals surface area contributed by atoms with Crippen LogP contribution in [0.15, 0.2) is 18.2 Å². The van der Waals surface area contributed by atoms with Crippen LogP contribution in [0.1, 0.15) is 30.7 Å². The number of halogens is 2. The second kappa shape index (κ2) is 5.72. The zero-order chi connectivity index (χ0) is 15.0. The molecule has 1 aliphatic heterocycles. The molecule has 0 unspecified atom stereocenters. The van der Waals surface area contributed by atoms with Crippen LogP contribution in [0.4, 0.5) is 8.78 Å². The van der Waals surface area contributed by atoms with Gasteiger partial charge in [0.25, 0.3) is 0 Å².